The largest absolute Gasteiger partial charge is 0.362 e. The van der Waals surface area contributed by atoms with Crippen molar-refractivity contribution in [3.63, 3.8) is 0 Å². The monoisotopic (exact) mass is 326 g/mol. The van der Waals surface area contributed by atoms with E-state index >= 15 is 0 Å². The van der Waals surface area contributed by atoms with Crippen LogP contribution in [0.1, 0.15) is 18.9 Å². The lowest BCUT2D eigenvalue weighted by atomic mass is 10.1. The van der Waals surface area contributed by atoms with E-state index in [1.807, 2.05) is 30.0 Å². The second-order valence-corrected chi connectivity index (χ2v) is 7.93. The number of sulfone groups is 1. The van der Waals surface area contributed by atoms with Crippen molar-refractivity contribution in [3.05, 3.63) is 35.9 Å². The maximum atomic E-state index is 11.6. The van der Waals surface area contributed by atoms with Gasteiger partial charge in [0.25, 0.3) is 0 Å². The van der Waals surface area contributed by atoms with Gasteiger partial charge in [-0.2, -0.15) is 0 Å². The summed E-state index contributed by atoms with van der Waals surface area (Å²) in [6.07, 6.45) is 1.58. The predicted molar refractivity (Wildman–Crippen MR) is 90.2 cm³/mol. The van der Waals surface area contributed by atoms with Crippen LogP contribution in [-0.4, -0.2) is 49.1 Å². The minimum Gasteiger partial charge on any atom is -0.362 e. The highest BCUT2D eigenvalue weighted by atomic mass is 32.2. The van der Waals surface area contributed by atoms with Gasteiger partial charge in [-0.25, -0.2) is 8.42 Å². The third-order valence-electron chi connectivity index (χ3n) is 3.78. The van der Waals surface area contributed by atoms with Crippen molar-refractivity contribution in [2.75, 3.05) is 24.6 Å². The van der Waals surface area contributed by atoms with E-state index in [1.165, 1.54) is 5.56 Å². The number of thiocarbonyl (C=S) groups is 1. The quantitative estimate of drug-likeness (QED) is 0.833. The number of benzene rings is 1. The molecule has 2 rings (SSSR count). The minimum absolute atomic E-state index is 0.0247. The molecule has 1 fully saturated rings. The van der Waals surface area contributed by atoms with Crippen LogP contribution in [0.15, 0.2) is 30.3 Å². The van der Waals surface area contributed by atoms with E-state index in [1.54, 1.807) is 0 Å². The zero-order valence-corrected chi connectivity index (χ0v) is 13.9. The fourth-order valence-corrected chi connectivity index (χ4v) is 4.76. The summed E-state index contributed by atoms with van der Waals surface area (Å²) in [6.45, 7) is 3.51. The highest BCUT2D eigenvalue weighted by Gasteiger charge is 2.32. The van der Waals surface area contributed by atoms with Crippen LogP contribution in [0.25, 0.3) is 0 Å². The molecule has 1 aliphatic rings. The lowest BCUT2D eigenvalue weighted by Crippen LogP contribution is -2.46. The summed E-state index contributed by atoms with van der Waals surface area (Å²) < 4.78 is 23.2. The molecular weight excluding hydrogens is 304 g/mol. The van der Waals surface area contributed by atoms with Crippen LogP contribution in [0.3, 0.4) is 0 Å². The van der Waals surface area contributed by atoms with Crippen LogP contribution >= 0.6 is 12.2 Å². The van der Waals surface area contributed by atoms with Gasteiger partial charge in [0.1, 0.15) is 0 Å². The Balaban J connectivity index is 1.83. The summed E-state index contributed by atoms with van der Waals surface area (Å²) in [5.74, 6) is 0.502. The number of rotatable bonds is 5. The lowest BCUT2D eigenvalue weighted by Gasteiger charge is -2.29. The van der Waals surface area contributed by atoms with Crippen molar-refractivity contribution in [3.8, 4) is 0 Å². The number of hydrogen-bond acceptors (Lipinski definition) is 3. The zero-order valence-electron chi connectivity index (χ0n) is 12.3. The Kier molecular flexibility index (Phi) is 5.58. The van der Waals surface area contributed by atoms with Gasteiger partial charge in [0.15, 0.2) is 14.9 Å². The Bertz CT molecular complexity index is 573. The van der Waals surface area contributed by atoms with Crippen molar-refractivity contribution in [2.24, 2.45) is 0 Å². The molecule has 1 aromatic carbocycles. The molecule has 0 radical (unpaired) electrons. The first kappa shape index (κ1) is 16.2. The second kappa shape index (κ2) is 7.22. The van der Waals surface area contributed by atoms with E-state index in [4.69, 9.17) is 12.2 Å². The maximum Gasteiger partial charge on any atom is 0.169 e. The topological polar surface area (TPSA) is 49.4 Å². The molecule has 116 valence electrons. The third kappa shape index (κ3) is 4.68. The van der Waals surface area contributed by atoms with Crippen LogP contribution in [0.2, 0.25) is 0 Å². The Morgan fingerprint density at radius 3 is 2.67 bits per heavy atom. The molecule has 0 amide bonds. The molecule has 0 saturated carbocycles. The summed E-state index contributed by atoms with van der Waals surface area (Å²) >= 11 is 5.42. The van der Waals surface area contributed by atoms with Crippen molar-refractivity contribution in [2.45, 2.75) is 25.8 Å². The molecule has 0 spiro atoms. The maximum absolute atomic E-state index is 11.6. The lowest BCUT2D eigenvalue weighted by molar-refractivity contribution is 0.345. The Hall–Kier alpha value is -1.14. The van der Waals surface area contributed by atoms with Gasteiger partial charge in [0.2, 0.25) is 0 Å². The van der Waals surface area contributed by atoms with E-state index in [9.17, 15) is 8.42 Å². The van der Waals surface area contributed by atoms with E-state index in [0.717, 1.165) is 19.5 Å². The number of hydrogen-bond donors (Lipinski definition) is 1. The predicted octanol–water partition coefficient (Wildman–Crippen LogP) is 1.61. The second-order valence-electron chi connectivity index (χ2n) is 5.31. The number of nitrogens with zero attached hydrogens (tertiary/aromatic N) is 1. The van der Waals surface area contributed by atoms with E-state index < -0.39 is 9.84 Å². The number of nitrogens with one attached hydrogen (secondary N) is 1. The van der Waals surface area contributed by atoms with Crippen molar-refractivity contribution < 1.29 is 8.42 Å². The van der Waals surface area contributed by atoms with Gasteiger partial charge in [-0.1, -0.05) is 30.3 Å². The average Bonchev–Trinajstić information content (AvgIpc) is 2.81. The normalized spacial score (nSPS) is 20.1. The van der Waals surface area contributed by atoms with E-state index in [0.29, 0.717) is 11.5 Å². The molecule has 1 aromatic rings. The summed E-state index contributed by atoms with van der Waals surface area (Å²) in [7, 11) is -2.88. The van der Waals surface area contributed by atoms with Crippen LogP contribution < -0.4 is 5.32 Å². The molecule has 0 bridgehead atoms. The fourth-order valence-electron chi connectivity index (χ4n) is 2.65. The van der Waals surface area contributed by atoms with Crippen LogP contribution in [0.4, 0.5) is 0 Å². The highest BCUT2D eigenvalue weighted by molar-refractivity contribution is 7.91. The van der Waals surface area contributed by atoms with Crippen molar-refractivity contribution >= 4 is 27.2 Å². The average molecular weight is 326 g/mol. The SMILES string of the molecule is CCN(C(=S)NCCc1ccccc1)[C@@H]1CCS(=O)(=O)C1. The van der Waals surface area contributed by atoms with Gasteiger partial charge in [-0.05, 0) is 37.5 Å². The molecule has 0 aliphatic carbocycles. The molecule has 1 saturated heterocycles. The molecule has 6 heteroatoms. The Morgan fingerprint density at radius 2 is 2.10 bits per heavy atom. The standard InChI is InChI=1S/C15H22N2O2S2/c1-2-17(14-9-11-21(18,19)12-14)15(20)16-10-8-13-6-4-3-5-7-13/h3-7,14H,2,8-12H2,1H3,(H,16,20)/t14-/m1/s1. The van der Waals surface area contributed by atoms with E-state index in [2.05, 4.69) is 17.4 Å². The van der Waals surface area contributed by atoms with Crippen LogP contribution in [0.5, 0.6) is 0 Å². The van der Waals surface area contributed by atoms with Crippen molar-refractivity contribution in [1.82, 2.24) is 10.2 Å². The Morgan fingerprint density at radius 1 is 1.38 bits per heavy atom. The smallest absolute Gasteiger partial charge is 0.169 e. The highest BCUT2D eigenvalue weighted by Crippen LogP contribution is 2.17. The summed E-state index contributed by atoms with van der Waals surface area (Å²) in [5.41, 5.74) is 1.26. The van der Waals surface area contributed by atoms with Crippen LogP contribution in [-0.2, 0) is 16.3 Å². The fraction of sp³-hybridized carbons (Fsp3) is 0.533. The first-order valence-corrected chi connectivity index (χ1v) is 9.53. The summed E-state index contributed by atoms with van der Waals surface area (Å²) in [5, 5.41) is 3.91. The van der Waals surface area contributed by atoms with E-state index in [-0.39, 0.29) is 17.5 Å². The Labute approximate surface area is 132 Å². The third-order valence-corrected chi connectivity index (χ3v) is 5.91. The first-order chi connectivity index (χ1) is 10.0. The zero-order chi connectivity index (χ0) is 15.3. The van der Waals surface area contributed by atoms with Gasteiger partial charge in [0, 0.05) is 19.1 Å². The van der Waals surface area contributed by atoms with Crippen molar-refractivity contribution in [1.29, 1.82) is 0 Å². The minimum atomic E-state index is -2.88. The van der Waals surface area contributed by atoms with Crippen LogP contribution in [0, 0.1) is 0 Å². The molecule has 1 aliphatic heterocycles. The molecule has 0 aromatic heterocycles. The molecule has 1 N–H and O–H groups in total. The summed E-state index contributed by atoms with van der Waals surface area (Å²) in [4.78, 5) is 2.00. The van der Waals surface area contributed by atoms with Gasteiger partial charge in [-0.15, -0.1) is 0 Å². The van der Waals surface area contributed by atoms with Gasteiger partial charge in [0.05, 0.1) is 11.5 Å². The first-order valence-electron chi connectivity index (χ1n) is 7.30. The van der Waals surface area contributed by atoms with Gasteiger partial charge in [-0.3, -0.25) is 0 Å². The molecule has 1 atom stereocenters. The summed E-state index contributed by atoms with van der Waals surface area (Å²) in [6, 6.07) is 10.3. The molecule has 0 unspecified atom stereocenters. The molecule has 1 heterocycles. The molecular formula is C15H22N2O2S2. The van der Waals surface area contributed by atoms with Gasteiger partial charge < -0.3 is 10.2 Å². The van der Waals surface area contributed by atoms with Gasteiger partial charge >= 0.3 is 0 Å². The molecule has 21 heavy (non-hydrogen) atoms. The molecule has 4 nitrogen and oxygen atoms in total.